The molecule has 25 heavy (non-hydrogen) atoms. The van der Waals surface area contributed by atoms with Crippen molar-refractivity contribution in [2.75, 3.05) is 6.54 Å². The largest absolute Gasteiger partial charge is 0.481 e. The van der Waals surface area contributed by atoms with Crippen molar-refractivity contribution >= 4 is 11.8 Å². The number of hydrogen-bond acceptors (Lipinski definition) is 5. The van der Waals surface area contributed by atoms with Crippen LogP contribution in [0, 0.1) is 0 Å². The summed E-state index contributed by atoms with van der Waals surface area (Å²) in [4.78, 5) is 10.5. The number of rotatable bonds is 8. The zero-order valence-electron chi connectivity index (χ0n) is 13.4. The highest BCUT2D eigenvalue weighted by molar-refractivity contribution is 5.97. The number of nitrogens with two attached hydrogens (primary N) is 2. The van der Waals surface area contributed by atoms with Gasteiger partial charge in [-0.1, -0.05) is 30.3 Å². The molecule has 130 valence electrons. The van der Waals surface area contributed by atoms with Crippen molar-refractivity contribution in [1.29, 1.82) is 0 Å². The third-order valence-corrected chi connectivity index (χ3v) is 3.08. The van der Waals surface area contributed by atoms with Crippen LogP contribution in [-0.2, 0) is 4.79 Å². The van der Waals surface area contributed by atoms with Crippen LogP contribution in [0.4, 0.5) is 0 Å². The molecule has 2 aromatic rings. The van der Waals surface area contributed by atoms with Gasteiger partial charge in [-0.25, -0.2) is 0 Å². The summed E-state index contributed by atoms with van der Waals surface area (Å²) < 4.78 is 5.73. The zero-order valence-corrected chi connectivity index (χ0v) is 13.4. The van der Waals surface area contributed by atoms with E-state index < -0.39 is 12.0 Å². The smallest absolute Gasteiger partial charge is 0.304 e. The van der Waals surface area contributed by atoms with Gasteiger partial charge in [-0.15, -0.1) is 5.10 Å². The molecule has 0 saturated carbocycles. The molecule has 0 aromatic heterocycles. The first-order chi connectivity index (χ1) is 12.0. The third kappa shape index (κ3) is 6.40. The lowest BCUT2D eigenvalue weighted by Gasteiger charge is -2.07. The van der Waals surface area contributed by atoms with Gasteiger partial charge < -0.3 is 21.3 Å². The molecule has 0 amide bonds. The Kier molecular flexibility index (Phi) is 6.61. The fraction of sp³-hybridized carbons (Fsp3) is 0.176. The number of aliphatic carboxylic acids is 1. The summed E-state index contributed by atoms with van der Waals surface area (Å²) in [5.74, 6) is 0.500. The van der Waals surface area contributed by atoms with Crippen molar-refractivity contribution in [3.05, 3.63) is 60.2 Å². The SMILES string of the molecule is NC(=NN=NCC(N)CC(=O)O)c1cccc(Oc2ccccc2)c1. The lowest BCUT2D eigenvalue weighted by atomic mass is 10.2. The van der Waals surface area contributed by atoms with Crippen LogP contribution < -0.4 is 16.2 Å². The molecule has 2 rings (SSSR count). The number of para-hydroxylation sites is 1. The van der Waals surface area contributed by atoms with E-state index in [1.54, 1.807) is 24.3 Å². The lowest BCUT2D eigenvalue weighted by Crippen LogP contribution is -2.26. The molecule has 8 heteroatoms. The van der Waals surface area contributed by atoms with E-state index in [1.807, 2.05) is 30.3 Å². The molecule has 1 atom stereocenters. The standard InChI is InChI=1S/C17H19N5O3/c18-13(10-16(23)24)11-20-22-21-17(19)12-5-4-8-15(9-12)25-14-6-2-1-3-7-14/h1-9,13H,10-11,18H2,(H,23,24)(H2,19,20,21). The Labute approximate surface area is 144 Å². The molecule has 1 unspecified atom stereocenters. The van der Waals surface area contributed by atoms with E-state index in [-0.39, 0.29) is 18.8 Å². The van der Waals surface area contributed by atoms with E-state index >= 15 is 0 Å². The van der Waals surface area contributed by atoms with Crippen LogP contribution in [0.25, 0.3) is 0 Å². The second-order valence-electron chi connectivity index (χ2n) is 5.20. The number of nitrogens with zero attached hydrogens (tertiary/aromatic N) is 3. The minimum Gasteiger partial charge on any atom is -0.481 e. The molecule has 0 aliphatic rings. The first-order valence-corrected chi connectivity index (χ1v) is 7.55. The summed E-state index contributed by atoms with van der Waals surface area (Å²) in [5.41, 5.74) is 12.1. The number of amidine groups is 1. The topological polar surface area (TPSA) is 136 Å². The van der Waals surface area contributed by atoms with Crippen LogP contribution in [0.1, 0.15) is 12.0 Å². The summed E-state index contributed by atoms with van der Waals surface area (Å²) >= 11 is 0. The molecular weight excluding hydrogens is 322 g/mol. The van der Waals surface area contributed by atoms with Crippen molar-refractivity contribution in [3.63, 3.8) is 0 Å². The number of carbonyl (C=O) groups is 1. The molecule has 2 aromatic carbocycles. The van der Waals surface area contributed by atoms with Gasteiger partial charge in [0.05, 0.1) is 13.0 Å². The van der Waals surface area contributed by atoms with E-state index in [4.69, 9.17) is 21.3 Å². The first-order valence-electron chi connectivity index (χ1n) is 7.55. The monoisotopic (exact) mass is 341 g/mol. The Balaban J connectivity index is 1.98. The van der Waals surface area contributed by atoms with E-state index in [0.29, 0.717) is 17.1 Å². The molecule has 0 fully saturated rings. The predicted octanol–water partition coefficient (Wildman–Crippen LogP) is 2.35. The molecule has 8 nitrogen and oxygen atoms in total. The summed E-state index contributed by atoms with van der Waals surface area (Å²) in [6.45, 7) is 0.0558. The van der Waals surface area contributed by atoms with Crippen LogP contribution in [0.5, 0.6) is 11.5 Å². The van der Waals surface area contributed by atoms with Crippen molar-refractivity contribution in [2.45, 2.75) is 12.5 Å². The Hall–Kier alpha value is -3.26. The molecule has 0 bridgehead atoms. The van der Waals surface area contributed by atoms with Crippen LogP contribution in [-0.4, -0.2) is 29.5 Å². The second kappa shape index (κ2) is 9.14. The maximum Gasteiger partial charge on any atom is 0.304 e. The molecule has 0 spiro atoms. The molecule has 0 heterocycles. The first kappa shape index (κ1) is 18.1. The minimum atomic E-state index is -0.985. The van der Waals surface area contributed by atoms with Crippen LogP contribution >= 0.6 is 0 Å². The van der Waals surface area contributed by atoms with Crippen LogP contribution in [0.3, 0.4) is 0 Å². The van der Waals surface area contributed by atoms with Gasteiger partial charge in [0.1, 0.15) is 11.5 Å². The van der Waals surface area contributed by atoms with E-state index in [1.165, 1.54) is 0 Å². The van der Waals surface area contributed by atoms with Gasteiger partial charge in [0, 0.05) is 11.6 Å². The Morgan fingerprint density at radius 1 is 1.12 bits per heavy atom. The minimum absolute atomic E-state index is 0.0558. The predicted molar refractivity (Wildman–Crippen MR) is 93.6 cm³/mol. The molecule has 0 aliphatic carbocycles. The fourth-order valence-electron chi connectivity index (χ4n) is 1.91. The summed E-state index contributed by atoms with van der Waals surface area (Å²) in [6.07, 6.45) is -0.183. The highest BCUT2D eigenvalue weighted by Gasteiger charge is 2.06. The quantitative estimate of drug-likeness (QED) is 0.293. The normalized spacial score (nSPS) is 12.9. The van der Waals surface area contributed by atoms with E-state index in [2.05, 4.69) is 15.4 Å². The number of hydrogen-bond donors (Lipinski definition) is 3. The van der Waals surface area contributed by atoms with E-state index in [9.17, 15) is 4.79 Å². The van der Waals surface area contributed by atoms with Gasteiger partial charge in [-0.3, -0.25) is 4.79 Å². The second-order valence-corrected chi connectivity index (χ2v) is 5.20. The average molecular weight is 341 g/mol. The van der Waals surface area contributed by atoms with Gasteiger partial charge >= 0.3 is 5.97 Å². The number of carboxylic acids is 1. The van der Waals surface area contributed by atoms with Crippen molar-refractivity contribution in [2.24, 2.45) is 26.9 Å². The average Bonchev–Trinajstić information content (AvgIpc) is 2.59. The van der Waals surface area contributed by atoms with Gasteiger partial charge in [0.15, 0.2) is 5.84 Å². The fourth-order valence-corrected chi connectivity index (χ4v) is 1.91. The lowest BCUT2D eigenvalue weighted by molar-refractivity contribution is -0.137. The third-order valence-electron chi connectivity index (χ3n) is 3.08. The molecule has 5 N–H and O–H groups in total. The van der Waals surface area contributed by atoms with Gasteiger partial charge in [0.25, 0.3) is 0 Å². The molecule has 0 saturated heterocycles. The van der Waals surface area contributed by atoms with Crippen LogP contribution in [0.15, 0.2) is 70.0 Å². The summed E-state index contributed by atoms with van der Waals surface area (Å²) in [6, 6.07) is 15.8. The number of carboxylic acid groups (broad SMARTS) is 1. The van der Waals surface area contributed by atoms with E-state index in [0.717, 1.165) is 0 Å². The van der Waals surface area contributed by atoms with Gasteiger partial charge in [-0.2, -0.15) is 5.11 Å². The Bertz CT molecular complexity index is 762. The molecular formula is C17H19N5O3. The van der Waals surface area contributed by atoms with Crippen molar-refractivity contribution < 1.29 is 14.6 Å². The summed E-state index contributed by atoms with van der Waals surface area (Å²) in [7, 11) is 0. The Morgan fingerprint density at radius 2 is 1.84 bits per heavy atom. The maximum absolute atomic E-state index is 10.5. The molecule has 0 radical (unpaired) electrons. The number of ether oxygens (including phenoxy) is 1. The van der Waals surface area contributed by atoms with Crippen LogP contribution in [0.2, 0.25) is 0 Å². The van der Waals surface area contributed by atoms with Gasteiger partial charge in [-0.05, 0) is 29.5 Å². The maximum atomic E-state index is 10.5. The van der Waals surface area contributed by atoms with Gasteiger partial charge in [0.2, 0.25) is 0 Å². The van der Waals surface area contributed by atoms with Crippen molar-refractivity contribution in [3.8, 4) is 11.5 Å². The zero-order chi connectivity index (χ0) is 18.1. The highest BCUT2D eigenvalue weighted by atomic mass is 16.5. The highest BCUT2D eigenvalue weighted by Crippen LogP contribution is 2.21. The Morgan fingerprint density at radius 3 is 2.56 bits per heavy atom. The van der Waals surface area contributed by atoms with Crippen molar-refractivity contribution in [1.82, 2.24) is 0 Å². The number of benzene rings is 2. The summed E-state index contributed by atoms with van der Waals surface area (Å²) in [5, 5.41) is 19.7. The molecule has 0 aliphatic heterocycles.